The maximum atomic E-state index is 12.2. The van der Waals surface area contributed by atoms with Crippen molar-refractivity contribution in [2.24, 2.45) is 0 Å². The van der Waals surface area contributed by atoms with E-state index >= 15 is 0 Å². The van der Waals surface area contributed by atoms with E-state index in [0.717, 1.165) is 25.9 Å². The van der Waals surface area contributed by atoms with E-state index in [1.807, 2.05) is 11.9 Å². The van der Waals surface area contributed by atoms with Gasteiger partial charge in [0.15, 0.2) is 0 Å². The smallest absolute Gasteiger partial charge is 0.254 e. The molecule has 0 aromatic carbocycles. The number of piperidine rings is 1. The quantitative estimate of drug-likeness (QED) is 0.814. The Morgan fingerprint density at radius 3 is 2.82 bits per heavy atom. The minimum atomic E-state index is 0.0452. The molecule has 1 aliphatic heterocycles. The summed E-state index contributed by atoms with van der Waals surface area (Å²) in [6.45, 7) is 1.59. The van der Waals surface area contributed by atoms with Crippen LogP contribution in [0.3, 0.4) is 0 Å². The van der Waals surface area contributed by atoms with Crippen molar-refractivity contribution in [2.75, 3.05) is 20.1 Å². The Kier molecular flexibility index (Phi) is 3.97. The molecule has 2 rings (SSSR count). The third-order valence-electron chi connectivity index (χ3n) is 3.16. The molecule has 92 valence electrons. The van der Waals surface area contributed by atoms with Gasteiger partial charge in [-0.1, -0.05) is 11.6 Å². The first kappa shape index (κ1) is 12.3. The molecule has 0 bridgehead atoms. The predicted octanol–water partition coefficient (Wildman–Crippen LogP) is 1.56. The van der Waals surface area contributed by atoms with Gasteiger partial charge in [0.05, 0.1) is 0 Å². The number of carbonyl (C=O) groups is 1. The molecule has 0 aliphatic carbocycles. The molecule has 17 heavy (non-hydrogen) atoms. The van der Waals surface area contributed by atoms with Gasteiger partial charge in [0, 0.05) is 30.9 Å². The van der Waals surface area contributed by atoms with Gasteiger partial charge in [-0.25, -0.2) is 4.98 Å². The third kappa shape index (κ3) is 2.96. The van der Waals surface area contributed by atoms with Crippen LogP contribution in [0.1, 0.15) is 23.2 Å². The molecule has 1 fully saturated rings. The van der Waals surface area contributed by atoms with E-state index in [4.69, 9.17) is 11.6 Å². The van der Waals surface area contributed by atoms with Gasteiger partial charge in [0.1, 0.15) is 5.15 Å². The number of hydrogen-bond acceptors (Lipinski definition) is 3. The number of hydrogen-bond donors (Lipinski definition) is 1. The minimum absolute atomic E-state index is 0.0452. The van der Waals surface area contributed by atoms with Gasteiger partial charge in [0.25, 0.3) is 5.91 Å². The van der Waals surface area contributed by atoms with Gasteiger partial charge in [-0.15, -0.1) is 0 Å². The number of amides is 1. The van der Waals surface area contributed by atoms with E-state index < -0.39 is 0 Å². The summed E-state index contributed by atoms with van der Waals surface area (Å²) >= 11 is 5.78. The van der Waals surface area contributed by atoms with Gasteiger partial charge in [-0.3, -0.25) is 4.79 Å². The van der Waals surface area contributed by atoms with Crippen LogP contribution in [0.4, 0.5) is 0 Å². The van der Waals surface area contributed by atoms with Crippen molar-refractivity contribution in [1.82, 2.24) is 15.2 Å². The van der Waals surface area contributed by atoms with Crippen molar-refractivity contribution in [3.63, 3.8) is 0 Å². The Morgan fingerprint density at radius 1 is 1.53 bits per heavy atom. The van der Waals surface area contributed by atoms with Crippen molar-refractivity contribution < 1.29 is 4.79 Å². The summed E-state index contributed by atoms with van der Waals surface area (Å²) in [5.74, 6) is 0.0452. The Balaban J connectivity index is 2.02. The molecule has 1 aromatic heterocycles. The molecule has 1 amide bonds. The summed E-state index contributed by atoms with van der Waals surface area (Å²) in [6.07, 6.45) is 3.57. The third-order valence-corrected chi connectivity index (χ3v) is 3.37. The van der Waals surface area contributed by atoms with Gasteiger partial charge in [-0.05, 0) is 32.0 Å². The number of halogens is 1. The van der Waals surface area contributed by atoms with E-state index in [1.54, 1.807) is 18.3 Å². The molecule has 5 heteroatoms. The number of nitrogens with one attached hydrogen (secondary N) is 1. The average Bonchev–Trinajstić information content (AvgIpc) is 2.38. The lowest BCUT2D eigenvalue weighted by Crippen LogP contribution is -2.43. The lowest BCUT2D eigenvalue weighted by molar-refractivity contribution is 0.0707. The molecule has 0 unspecified atom stereocenters. The SMILES string of the molecule is CNC1CCN(C(=O)c2ccnc(Cl)c2)CC1. The minimum Gasteiger partial charge on any atom is -0.339 e. The maximum absolute atomic E-state index is 12.2. The standard InChI is InChI=1S/C12H16ClN3O/c1-14-10-3-6-16(7-4-10)12(17)9-2-5-15-11(13)8-9/h2,5,8,10,14H,3-4,6-7H2,1H3. The summed E-state index contributed by atoms with van der Waals surface area (Å²) in [7, 11) is 1.96. The second-order valence-corrected chi connectivity index (χ2v) is 4.61. The molecule has 2 heterocycles. The van der Waals surface area contributed by atoms with Crippen LogP contribution in [0.5, 0.6) is 0 Å². The monoisotopic (exact) mass is 253 g/mol. The zero-order valence-corrected chi connectivity index (χ0v) is 10.6. The Labute approximate surface area is 106 Å². The van der Waals surface area contributed by atoms with Crippen molar-refractivity contribution in [1.29, 1.82) is 0 Å². The second kappa shape index (κ2) is 5.47. The predicted molar refractivity (Wildman–Crippen MR) is 67.2 cm³/mol. The van der Waals surface area contributed by atoms with Crippen molar-refractivity contribution in [3.05, 3.63) is 29.0 Å². The molecule has 0 spiro atoms. The summed E-state index contributed by atoms with van der Waals surface area (Å²) < 4.78 is 0. The summed E-state index contributed by atoms with van der Waals surface area (Å²) in [6, 6.07) is 3.85. The number of carbonyl (C=O) groups excluding carboxylic acids is 1. The van der Waals surface area contributed by atoms with Gasteiger partial charge in [-0.2, -0.15) is 0 Å². The van der Waals surface area contributed by atoms with Crippen molar-refractivity contribution in [3.8, 4) is 0 Å². The molecule has 1 aliphatic rings. The van der Waals surface area contributed by atoms with Crippen LogP contribution in [0, 0.1) is 0 Å². The van der Waals surface area contributed by atoms with Crippen LogP contribution in [0.25, 0.3) is 0 Å². The number of rotatable bonds is 2. The normalized spacial score (nSPS) is 17.2. The number of aromatic nitrogens is 1. The Hall–Kier alpha value is -1.13. The lowest BCUT2D eigenvalue weighted by atomic mass is 10.0. The van der Waals surface area contributed by atoms with Gasteiger partial charge < -0.3 is 10.2 Å². The second-order valence-electron chi connectivity index (χ2n) is 4.22. The molecular weight excluding hydrogens is 238 g/mol. The highest BCUT2D eigenvalue weighted by Crippen LogP contribution is 2.15. The topological polar surface area (TPSA) is 45.2 Å². The molecule has 0 radical (unpaired) electrons. The zero-order valence-electron chi connectivity index (χ0n) is 9.82. The molecular formula is C12H16ClN3O. The first-order valence-corrected chi connectivity index (χ1v) is 6.16. The summed E-state index contributed by atoms with van der Waals surface area (Å²) in [5.41, 5.74) is 0.618. The van der Waals surface area contributed by atoms with E-state index in [9.17, 15) is 4.79 Å². The molecule has 1 saturated heterocycles. The van der Waals surface area contributed by atoms with Crippen LogP contribution in [-0.4, -0.2) is 42.0 Å². The van der Waals surface area contributed by atoms with Crippen LogP contribution < -0.4 is 5.32 Å². The van der Waals surface area contributed by atoms with Crippen LogP contribution in [0.15, 0.2) is 18.3 Å². The number of pyridine rings is 1. The fraction of sp³-hybridized carbons (Fsp3) is 0.500. The zero-order chi connectivity index (χ0) is 12.3. The number of likely N-dealkylation sites (tertiary alicyclic amines) is 1. The maximum Gasteiger partial charge on any atom is 0.254 e. The average molecular weight is 254 g/mol. The van der Waals surface area contributed by atoms with Crippen LogP contribution >= 0.6 is 11.6 Å². The van der Waals surface area contributed by atoms with Crippen molar-refractivity contribution >= 4 is 17.5 Å². The molecule has 4 nitrogen and oxygen atoms in total. The van der Waals surface area contributed by atoms with Crippen molar-refractivity contribution in [2.45, 2.75) is 18.9 Å². The largest absolute Gasteiger partial charge is 0.339 e. The fourth-order valence-corrected chi connectivity index (χ4v) is 2.26. The highest BCUT2D eigenvalue weighted by molar-refractivity contribution is 6.29. The van der Waals surface area contributed by atoms with Crippen LogP contribution in [0.2, 0.25) is 5.15 Å². The van der Waals surface area contributed by atoms with E-state index in [2.05, 4.69) is 10.3 Å². The lowest BCUT2D eigenvalue weighted by Gasteiger charge is -2.31. The molecule has 1 N–H and O–H groups in total. The first-order chi connectivity index (χ1) is 8.20. The molecule has 0 atom stereocenters. The fourth-order valence-electron chi connectivity index (χ4n) is 2.09. The summed E-state index contributed by atoms with van der Waals surface area (Å²) in [5, 5.41) is 3.61. The van der Waals surface area contributed by atoms with Crippen LogP contribution in [-0.2, 0) is 0 Å². The van der Waals surface area contributed by atoms with E-state index in [0.29, 0.717) is 16.8 Å². The Bertz CT molecular complexity index is 402. The highest BCUT2D eigenvalue weighted by Gasteiger charge is 2.22. The van der Waals surface area contributed by atoms with E-state index in [-0.39, 0.29) is 5.91 Å². The highest BCUT2D eigenvalue weighted by atomic mass is 35.5. The Morgan fingerprint density at radius 2 is 2.24 bits per heavy atom. The van der Waals surface area contributed by atoms with Gasteiger partial charge in [0.2, 0.25) is 0 Å². The van der Waals surface area contributed by atoms with Gasteiger partial charge >= 0.3 is 0 Å². The molecule has 1 aromatic rings. The first-order valence-electron chi connectivity index (χ1n) is 5.79. The summed E-state index contributed by atoms with van der Waals surface area (Å²) in [4.78, 5) is 17.9. The number of nitrogens with zero attached hydrogens (tertiary/aromatic N) is 2. The van der Waals surface area contributed by atoms with E-state index in [1.165, 1.54) is 0 Å². The molecule has 0 saturated carbocycles.